The second-order valence-electron chi connectivity index (χ2n) is 6.81. The Morgan fingerprint density at radius 1 is 1.17 bits per heavy atom. The van der Waals surface area contributed by atoms with Crippen molar-refractivity contribution in [2.75, 3.05) is 26.2 Å². The first kappa shape index (κ1) is 15.5. The first-order valence-corrected chi connectivity index (χ1v) is 8.86. The molecule has 1 saturated heterocycles. The van der Waals surface area contributed by atoms with Crippen LogP contribution in [0.4, 0.5) is 0 Å². The van der Waals surface area contributed by atoms with Crippen LogP contribution in [0, 0.1) is 0 Å². The van der Waals surface area contributed by atoms with Gasteiger partial charge in [-0.3, -0.25) is 14.8 Å². The van der Waals surface area contributed by atoms with Gasteiger partial charge in [0.05, 0.1) is 5.52 Å². The van der Waals surface area contributed by atoms with E-state index in [2.05, 4.69) is 30.9 Å². The molecule has 2 aliphatic rings. The molecular weight excluding hydrogens is 304 g/mol. The maximum absolute atomic E-state index is 12.5. The van der Waals surface area contributed by atoms with E-state index in [1.54, 1.807) is 6.07 Å². The fourth-order valence-electron chi connectivity index (χ4n) is 3.88. The third-order valence-electron chi connectivity index (χ3n) is 5.29. The zero-order valence-corrected chi connectivity index (χ0v) is 13.8. The van der Waals surface area contributed by atoms with Gasteiger partial charge < -0.3 is 10.6 Å². The number of nitrogens with zero attached hydrogens (tertiary/aromatic N) is 3. The van der Waals surface area contributed by atoms with Gasteiger partial charge in [0.2, 0.25) is 0 Å². The summed E-state index contributed by atoms with van der Waals surface area (Å²) in [7, 11) is 0. The highest BCUT2D eigenvalue weighted by Crippen LogP contribution is 2.24. The van der Waals surface area contributed by atoms with Gasteiger partial charge in [-0.05, 0) is 43.9 Å². The van der Waals surface area contributed by atoms with Gasteiger partial charge in [0.1, 0.15) is 5.52 Å². The van der Waals surface area contributed by atoms with Gasteiger partial charge in [-0.25, -0.2) is 0 Å². The largest absolute Gasteiger partial charge is 0.349 e. The zero-order valence-electron chi connectivity index (χ0n) is 13.8. The summed E-state index contributed by atoms with van der Waals surface area (Å²) < 4.78 is 0. The summed E-state index contributed by atoms with van der Waals surface area (Å²) in [5.41, 5.74) is 2.23. The van der Waals surface area contributed by atoms with Crippen LogP contribution in [0.2, 0.25) is 0 Å². The first-order valence-electron chi connectivity index (χ1n) is 8.86. The second kappa shape index (κ2) is 6.86. The summed E-state index contributed by atoms with van der Waals surface area (Å²) in [5, 5.41) is 17.1. The molecule has 3 N–H and O–H groups in total. The monoisotopic (exact) mass is 328 g/mol. The minimum Gasteiger partial charge on any atom is -0.349 e. The third-order valence-corrected chi connectivity index (χ3v) is 5.29. The van der Waals surface area contributed by atoms with Crippen molar-refractivity contribution >= 4 is 16.9 Å². The SMILES string of the molecule is O=C(NC1CCC(N2CCNCC2)CC1)c1ccc2[nH]nnc2c1. The number of aromatic nitrogens is 3. The molecule has 0 atom stereocenters. The molecule has 24 heavy (non-hydrogen) atoms. The number of amides is 1. The summed E-state index contributed by atoms with van der Waals surface area (Å²) in [6.07, 6.45) is 4.47. The van der Waals surface area contributed by atoms with Crippen LogP contribution in [0.15, 0.2) is 18.2 Å². The Balaban J connectivity index is 1.32. The number of fused-ring (bicyclic) bond motifs is 1. The standard InChI is InChI=1S/C17H24N6O/c24-17(12-1-6-15-16(11-12)21-22-20-15)19-13-2-4-14(5-3-13)23-9-7-18-8-10-23/h1,6,11,13-14,18H,2-5,7-10H2,(H,19,24)(H,20,21,22). The van der Waals surface area contributed by atoms with Crippen LogP contribution in [0.5, 0.6) is 0 Å². The molecule has 1 saturated carbocycles. The minimum absolute atomic E-state index is 0.00878. The molecule has 1 aliphatic carbocycles. The number of rotatable bonds is 3. The first-order chi connectivity index (χ1) is 11.8. The molecule has 1 amide bonds. The zero-order chi connectivity index (χ0) is 16.4. The Labute approximate surface area is 141 Å². The van der Waals surface area contributed by atoms with Crippen molar-refractivity contribution in [3.63, 3.8) is 0 Å². The highest BCUT2D eigenvalue weighted by atomic mass is 16.1. The highest BCUT2D eigenvalue weighted by molar-refractivity contribution is 5.97. The molecule has 2 heterocycles. The van der Waals surface area contributed by atoms with Gasteiger partial charge in [0.15, 0.2) is 0 Å². The number of hydrogen-bond donors (Lipinski definition) is 3. The number of H-pyrrole nitrogens is 1. The Bertz CT molecular complexity index is 700. The Morgan fingerprint density at radius 3 is 2.75 bits per heavy atom. The van der Waals surface area contributed by atoms with Gasteiger partial charge in [-0.1, -0.05) is 5.21 Å². The third kappa shape index (κ3) is 3.27. The molecule has 7 heteroatoms. The van der Waals surface area contributed by atoms with Gasteiger partial charge in [-0.15, -0.1) is 5.10 Å². The molecule has 0 unspecified atom stereocenters. The quantitative estimate of drug-likeness (QED) is 0.779. The van der Waals surface area contributed by atoms with Gasteiger partial charge in [0, 0.05) is 43.8 Å². The number of carbonyl (C=O) groups excluding carboxylic acids is 1. The minimum atomic E-state index is -0.00878. The van der Waals surface area contributed by atoms with Gasteiger partial charge >= 0.3 is 0 Å². The van der Waals surface area contributed by atoms with Crippen LogP contribution < -0.4 is 10.6 Å². The molecule has 2 fully saturated rings. The molecule has 4 rings (SSSR count). The van der Waals surface area contributed by atoms with Crippen LogP contribution >= 0.6 is 0 Å². The molecule has 1 aromatic carbocycles. The lowest BCUT2D eigenvalue weighted by molar-refractivity contribution is 0.0894. The number of piperazine rings is 1. The van der Waals surface area contributed by atoms with E-state index in [0.717, 1.165) is 50.1 Å². The van der Waals surface area contributed by atoms with E-state index >= 15 is 0 Å². The normalized spacial score (nSPS) is 25.7. The summed E-state index contributed by atoms with van der Waals surface area (Å²) in [5.74, 6) is -0.00878. The van der Waals surface area contributed by atoms with Crippen LogP contribution in [0.3, 0.4) is 0 Å². The second-order valence-corrected chi connectivity index (χ2v) is 6.81. The lowest BCUT2D eigenvalue weighted by Gasteiger charge is -2.39. The average molecular weight is 328 g/mol. The summed E-state index contributed by atoms with van der Waals surface area (Å²) in [6, 6.07) is 6.44. The number of carbonyl (C=O) groups is 1. The number of hydrogen-bond acceptors (Lipinski definition) is 5. The summed E-state index contributed by atoms with van der Waals surface area (Å²) >= 11 is 0. The lowest BCUT2D eigenvalue weighted by atomic mass is 9.89. The summed E-state index contributed by atoms with van der Waals surface area (Å²) in [4.78, 5) is 15.1. The van der Waals surface area contributed by atoms with Gasteiger partial charge in [-0.2, -0.15) is 0 Å². The van der Waals surface area contributed by atoms with Crippen LogP contribution in [0.25, 0.3) is 11.0 Å². The topological polar surface area (TPSA) is 85.9 Å². The highest BCUT2D eigenvalue weighted by Gasteiger charge is 2.27. The summed E-state index contributed by atoms with van der Waals surface area (Å²) in [6.45, 7) is 4.50. The fourth-order valence-corrected chi connectivity index (χ4v) is 3.88. The molecule has 1 aliphatic heterocycles. The van der Waals surface area contributed by atoms with Crippen LogP contribution in [-0.4, -0.2) is 64.5 Å². The molecule has 2 aromatic rings. The Morgan fingerprint density at radius 2 is 1.96 bits per heavy atom. The molecule has 0 spiro atoms. The predicted octanol–water partition coefficient (Wildman–Crippen LogP) is 0.904. The number of benzene rings is 1. The van der Waals surface area contributed by atoms with E-state index in [1.807, 2.05) is 12.1 Å². The Hall–Kier alpha value is -1.99. The molecule has 7 nitrogen and oxygen atoms in total. The smallest absolute Gasteiger partial charge is 0.251 e. The van der Waals surface area contributed by atoms with Crippen molar-refractivity contribution in [3.05, 3.63) is 23.8 Å². The Kier molecular flexibility index (Phi) is 4.44. The van der Waals surface area contributed by atoms with Crippen molar-refractivity contribution in [2.45, 2.75) is 37.8 Å². The fraction of sp³-hybridized carbons (Fsp3) is 0.588. The van der Waals surface area contributed by atoms with Crippen LogP contribution in [-0.2, 0) is 0 Å². The van der Waals surface area contributed by atoms with E-state index in [9.17, 15) is 4.79 Å². The molecular formula is C17H24N6O. The maximum atomic E-state index is 12.5. The molecule has 0 radical (unpaired) electrons. The van der Waals surface area contributed by atoms with E-state index in [0.29, 0.717) is 11.6 Å². The van der Waals surface area contributed by atoms with E-state index < -0.39 is 0 Å². The van der Waals surface area contributed by atoms with E-state index in [1.165, 1.54) is 12.8 Å². The van der Waals surface area contributed by atoms with Crippen molar-refractivity contribution in [1.82, 2.24) is 30.9 Å². The van der Waals surface area contributed by atoms with Crippen molar-refractivity contribution in [2.24, 2.45) is 0 Å². The van der Waals surface area contributed by atoms with Crippen molar-refractivity contribution in [3.8, 4) is 0 Å². The van der Waals surface area contributed by atoms with E-state index in [-0.39, 0.29) is 11.9 Å². The maximum Gasteiger partial charge on any atom is 0.251 e. The van der Waals surface area contributed by atoms with Crippen LogP contribution in [0.1, 0.15) is 36.0 Å². The number of nitrogens with one attached hydrogen (secondary N) is 3. The number of aromatic amines is 1. The van der Waals surface area contributed by atoms with E-state index in [4.69, 9.17) is 0 Å². The van der Waals surface area contributed by atoms with Gasteiger partial charge in [0.25, 0.3) is 5.91 Å². The predicted molar refractivity (Wildman–Crippen MR) is 91.8 cm³/mol. The average Bonchev–Trinajstić information content (AvgIpc) is 3.11. The molecule has 1 aromatic heterocycles. The van der Waals surface area contributed by atoms with Crippen molar-refractivity contribution < 1.29 is 4.79 Å². The molecule has 0 bridgehead atoms. The lowest BCUT2D eigenvalue weighted by Crippen LogP contribution is -2.50. The molecule has 128 valence electrons. The van der Waals surface area contributed by atoms with Crippen molar-refractivity contribution in [1.29, 1.82) is 0 Å².